The Kier molecular flexibility index (Phi) is 8.20. The van der Waals surface area contributed by atoms with Crippen molar-refractivity contribution in [3.05, 3.63) is 22.8 Å². The molecule has 8 heteroatoms. The second-order valence-electron chi connectivity index (χ2n) is 6.91. The molecule has 0 spiro atoms. The molecule has 2 rings (SSSR count). The van der Waals surface area contributed by atoms with Crippen LogP contribution in [-0.4, -0.2) is 42.0 Å². The van der Waals surface area contributed by atoms with Gasteiger partial charge in [-0.15, -0.1) is 0 Å². The van der Waals surface area contributed by atoms with Crippen molar-refractivity contribution >= 4 is 23.3 Å². The highest BCUT2D eigenvalue weighted by molar-refractivity contribution is 6.33. The quantitative estimate of drug-likeness (QED) is 0.561. The van der Waals surface area contributed by atoms with Gasteiger partial charge in [0.05, 0.1) is 10.6 Å². The van der Waals surface area contributed by atoms with Gasteiger partial charge in [0.15, 0.2) is 0 Å². The van der Waals surface area contributed by atoms with E-state index < -0.39 is 11.7 Å². The van der Waals surface area contributed by atoms with Crippen molar-refractivity contribution in [2.45, 2.75) is 58.0 Å². The molecule has 27 heavy (non-hydrogen) atoms. The van der Waals surface area contributed by atoms with Gasteiger partial charge in [0.1, 0.15) is 5.82 Å². The van der Waals surface area contributed by atoms with Gasteiger partial charge in [-0.2, -0.15) is 13.2 Å². The lowest BCUT2D eigenvalue weighted by Gasteiger charge is -2.36. The van der Waals surface area contributed by atoms with E-state index in [4.69, 9.17) is 11.6 Å². The number of hydrogen-bond acceptors (Lipinski definition) is 3. The molecule has 4 nitrogen and oxygen atoms in total. The van der Waals surface area contributed by atoms with Crippen molar-refractivity contribution in [3.8, 4) is 0 Å². The largest absolute Gasteiger partial charge is 0.417 e. The summed E-state index contributed by atoms with van der Waals surface area (Å²) in [5.41, 5.74) is -0.857. The van der Waals surface area contributed by atoms with Crippen LogP contribution in [0.15, 0.2) is 12.3 Å². The lowest BCUT2D eigenvalue weighted by molar-refractivity contribution is -0.137. The van der Waals surface area contributed by atoms with E-state index in [0.29, 0.717) is 38.4 Å². The van der Waals surface area contributed by atoms with E-state index in [0.717, 1.165) is 25.1 Å². The Balaban J connectivity index is 1.79. The summed E-state index contributed by atoms with van der Waals surface area (Å²) in [6.45, 7) is 4.28. The van der Waals surface area contributed by atoms with Crippen molar-refractivity contribution in [1.82, 2.24) is 9.88 Å². The first kappa shape index (κ1) is 21.8. The predicted octanol–water partition coefficient (Wildman–Crippen LogP) is 5.15. The molecule has 0 aromatic carbocycles. The van der Waals surface area contributed by atoms with Gasteiger partial charge in [-0.25, -0.2) is 4.98 Å². The van der Waals surface area contributed by atoms with Crippen LogP contribution < -0.4 is 4.90 Å². The third-order valence-electron chi connectivity index (χ3n) is 4.83. The minimum atomic E-state index is -4.46. The van der Waals surface area contributed by atoms with E-state index in [9.17, 15) is 18.0 Å². The van der Waals surface area contributed by atoms with Crippen LogP contribution in [0.25, 0.3) is 0 Å². The van der Waals surface area contributed by atoms with Crippen LogP contribution >= 0.6 is 11.6 Å². The Labute approximate surface area is 163 Å². The van der Waals surface area contributed by atoms with Gasteiger partial charge in [0, 0.05) is 38.8 Å². The molecular weight excluding hydrogens is 379 g/mol. The molecule has 0 radical (unpaired) electrons. The average Bonchev–Trinajstić information content (AvgIpc) is 2.64. The van der Waals surface area contributed by atoms with Crippen LogP contribution in [0, 0.1) is 0 Å². The Hall–Kier alpha value is -1.50. The Morgan fingerprint density at radius 1 is 1.11 bits per heavy atom. The number of aromatic nitrogens is 1. The van der Waals surface area contributed by atoms with E-state index >= 15 is 0 Å². The molecule has 1 aromatic heterocycles. The van der Waals surface area contributed by atoms with E-state index in [1.165, 1.54) is 25.7 Å². The molecule has 0 aliphatic carbocycles. The van der Waals surface area contributed by atoms with Crippen molar-refractivity contribution in [2.75, 3.05) is 31.1 Å². The fourth-order valence-electron chi connectivity index (χ4n) is 3.20. The molecule has 0 saturated carbocycles. The van der Waals surface area contributed by atoms with Gasteiger partial charge in [-0.3, -0.25) is 4.79 Å². The van der Waals surface area contributed by atoms with Crippen LogP contribution in [0.2, 0.25) is 5.02 Å². The van der Waals surface area contributed by atoms with Gasteiger partial charge in [0.25, 0.3) is 0 Å². The summed E-state index contributed by atoms with van der Waals surface area (Å²) >= 11 is 6.00. The highest BCUT2D eigenvalue weighted by Gasteiger charge is 2.32. The van der Waals surface area contributed by atoms with E-state index in [-0.39, 0.29) is 10.9 Å². The number of unbranched alkanes of at least 4 members (excludes halogenated alkanes) is 5. The zero-order valence-corrected chi connectivity index (χ0v) is 16.5. The number of hydrogen-bond donors (Lipinski definition) is 0. The highest BCUT2D eigenvalue weighted by Crippen LogP contribution is 2.33. The molecular formula is C19H27ClF3N3O. The third-order valence-corrected chi connectivity index (χ3v) is 5.10. The lowest BCUT2D eigenvalue weighted by atomic mass is 10.1. The van der Waals surface area contributed by atoms with Gasteiger partial charge in [-0.05, 0) is 12.5 Å². The molecule has 1 saturated heterocycles. The molecule has 0 unspecified atom stereocenters. The number of amides is 1. The molecule has 1 aliphatic heterocycles. The van der Waals surface area contributed by atoms with Crippen LogP contribution in [0.1, 0.15) is 57.4 Å². The van der Waals surface area contributed by atoms with Crippen LogP contribution in [0.4, 0.5) is 19.0 Å². The fourth-order valence-corrected chi connectivity index (χ4v) is 3.49. The molecule has 0 bridgehead atoms. The summed E-state index contributed by atoms with van der Waals surface area (Å²) < 4.78 is 38.1. The number of rotatable bonds is 8. The second-order valence-corrected chi connectivity index (χ2v) is 7.32. The molecule has 1 aromatic rings. The van der Waals surface area contributed by atoms with E-state index in [1.807, 2.05) is 9.80 Å². The molecule has 1 aliphatic rings. The predicted molar refractivity (Wildman–Crippen MR) is 101 cm³/mol. The number of carbonyl (C=O) groups is 1. The molecule has 0 atom stereocenters. The average molecular weight is 406 g/mol. The van der Waals surface area contributed by atoms with Gasteiger partial charge in [0.2, 0.25) is 5.91 Å². The number of pyridine rings is 1. The van der Waals surface area contributed by atoms with Gasteiger partial charge >= 0.3 is 6.18 Å². The van der Waals surface area contributed by atoms with Crippen LogP contribution in [-0.2, 0) is 11.0 Å². The van der Waals surface area contributed by atoms with E-state index in [1.54, 1.807) is 0 Å². The normalized spacial score (nSPS) is 15.3. The van der Waals surface area contributed by atoms with E-state index in [2.05, 4.69) is 11.9 Å². The van der Waals surface area contributed by atoms with Crippen molar-refractivity contribution < 1.29 is 18.0 Å². The Morgan fingerprint density at radius 2 is 1.74 bits per heavy atom. The van der Waals surface area contributed by atoms with Crippen LogP contribution in [0.5, 0.6) is 0 Å². The minimum Gasteiger partial charge on any atom is -0.352 e. The second kappa shape index (κ2) is 10.2. The molecule has 152 valence electrons. The first-order valence-electron chi connectivity index (χ1n) is 9.58. The Morgan fingerprint density at radius 3 is 2.33 bits per heavy atom. The van der Waals surface area contributed by atoms with Gasteiger partial charge < -0.3 is 9.80 Å². The third kappa shape index (κ3) is 6.55. The summed E-state index contributed by atoms with van der Waals surface area (Å²) in [5, 5.41) is -0.0170. The first-order chi connectivity index (χ1) is 12.8. The number of piperazine rings is 1. The highest BCUT2D eigenvalue weighted by atomic mass is 35.5. The zero-order valence-electron chi connectivity index (χ0n) is 15.7. The minimum absolute atomic E-state index is 0.0170. The number of carbonyl (C=O) groups excluding carboxylic acids is 1. The summed E-state index contributed by atoms with van der Waals surface area (Å²) in [6, 6.07) is 0.903. The van der Waals surface area contributed by atoms with Gasteiger partial charge in [-0.1, -0.05) is 50.6 Å². The number of nitrogens with zero attached hydrogens (tertiary/aromatic N) is 3. The number of anilines is 1. The van der Waals surface area contributed by atoms with Crippen molar-refractivity contribution in [2.24, 2.45) is 0 Å². The molecule has 1 fully saturated rings. The summed E-state index contributed by atoms with van der Waals surface area (Å²) in [7, 11) is 0. The topological polar surface area (TPSA) is 36.4 Å². The SMILES string of the molecule is CCCCCCCCC(=O)N1CCN(c2ncc(C(F)(F)F)cc2Cl)CC1. The standard InChI is InChI=1S/C19H27ClF3N3O/c1-2-3-4-5-6-7-8-17(27)25-9-11-26(12-10-25)18-16(20)13-15(14-24-18)19(21,22)23/h13-14H,2-12H2,1H3. The maximum Gasteiger partial charge on any atom is 0.417 e. The zero-order chi connectivity index (χ0) is 19.9. The number of halogens is 4. The summed E-state index contributed by atoms with van der Waals surface area (Å²) in [4.78, 5) is 19.8. The fraction of sp³-hybridized carbons (Fsp3) is 0.684. The molecule has 0 N–H and O–H groups in total. The first-order valence-corrected chi connectivity index (χ1v) is 9.96. The smallest absolute Gasteiger partial charge is 0.352 e. The monoisotopic (exact) mass is 405 g/mol. The Bertz CT molecular complexity index is 617. The lowest BCUT2D eigenvalue weighted by Crippen LogP contribution is -2.49. The summed E-state index contributed by atoms with van der Waals surface area (Å²) in [5.74, 6) is 0.490. The maximum atomic E-state index is 12.7. The maximum absolute atomic E-state index is 12.7. The molecule has 2 heterocycles. The number of alkyl halides is 3. The summed E-state index contributed by atoms with van der Waals surface area (Å²) in [6.07, 6.45) is 3.75. The van der Waals surface area contributed by atoms with Crippen molar-refractivity contribution in [3.63, 3.8) is 0 Å². The van der Waals surface area contributed by atoms with Crippen LogP contribution in [0.3, 0.4) is 0 Å². The molecule has 1 amide bonds. The van der Waals surface area contributed by atoms with Crippen molar-refractivity contribution in [1.29, 1.82) is 0 Å².